The van der Waals surface area contributed by atoms with Crippen molar-refractivity contribution in [2.75, 3.05) is 19.6 Å². The van der Waals surface area contributed by atoms with E-state index < -0.39 is 0 Å². The van der Waals surface area contributed by atoms with Crippen LogP contribution in [0.25, 0.3) is 0 Å². The Morgan fingerprint density at radius 2 is 1.40 bits per heavy atom. The molecule has 0 saturated carbocycles. The van der Waals surface area contributed by atoms with E-state index in [-0.39, 0.29) is 0 Å². The first-order chi connectivity index (χ1) is 9.85. The Kier molecular flexibility index (Phi) is 16.0. The van der Waals surface area contributed by atoms with Gasteiger partial charge in [0.25, 0.3) is 0 Å². The smallest absolute Gasteiger partial charge is 0.0964 e. The van der Waals surface area contributed by atoms with Crippen molar-refractivity contribution >= 4 is 5.84 Å². The Labute approximate surface area is 126 Å². The van der Waals surface area contributed by atoms with E-state index in [2.05, 4.69) is 17.2 Å². The fourth-order valence-corrected chi connectivity index (χ4v) is 2.39. The number of hydrogen-bond acceptors (Lipinski definition) is 3. The van der Waals surface area contributed by atoms with Gasteiger partial charge in [-0.15, -0.1) is 0 Å². The molecule has 3 heteroatoms. The van der Waals surface area contributed by atoms with Crippen LogP contribution in [0.4, 0.5) is 0 Å². The van der Waals surface area contributed by atoms with Crippen molar-refractivity contribution in [2.24, 2.45) is 10.7 Å². The van der Waals surface area contributed by atoms with Crippen LogP contribution in [0.3, 0.4) is 0 Å². The second kappa shape index (κ2) is 16.5. The minimum absolute atomic E-state index is 0.750. The van der Waals surface area contributed by atoms with Gasteiger partial charge in [0.1, 0.15) is 0 Å². The zero-order valence-electron chi connectivity index (χ0n) is 13.9. The topological polar surface area (TPSA) is 50.4 Å². The van der Waals surface area contributed by atoms with Gasteiger partial charge in [0.05, 0.1) is 12.4 Å². The molecule has 0 aliphatic carbocycles. The summed E-state index contributed by atoms with van der Waals surface area (Å²) < 4.78 is 0. The van der Waals surface area contributed by atoms with Crippen LogP contribution < -0.4 is 11.1 Å². The fraction of sp³-hybridized carbons (Fsp3) is 0.941. The zero-order valence-corrected chi connectivity index (χ0v) is 13.9. The van der Waals surface area contributed by atoms with Gasteiger partial charge >= 0.3 is 0 Å². The van der Waals surface area contributed by atoms with Crippen LogP contribution in [0, 0.1) is 0 Å². The monoisotopic (exact) mass is 283 g/mol. The van der Waals surface area contributed by atoms with Gasteiger partial charge in [0.2, 0.25) is 0 Å². The highest BCUT2D eigenvalue weighted by Gasteiger charge is 2.03. The van der Waals surface area contributed by atoms with Crippen LogP contribution >= 0.6 is 0 Å². The number of nitrogens with two attached hydrogens (primary N) is 1. The van der Waals surface area contributed by atoms with Gasteiger partial charge in [-0.3, -0.25) is 4.99 Å². The van der Waals surface area contributed by atoms with E-state index in [1.165, 1.54) is 76.5 Å². The lowest BCUT2D eigenvalue weighted by Crippen LogP contribution is -2.17. The molecule has 120 valence electrons. The molecule has 0 aromatic rings. The number of unbranched alkanes of at least 4 members (excludes halogenated alkanes) is 9. The Morgan fingerprint density at radius 3 is 1.85 bits per heavy atom. The molecule has 0 aromatic heterocycles. The Bertz CT molecular complexity index is 214. The Morgan fingerprint density at radius 1 is 0.900 bits per heavy atom. The maximum atomic E-state index is 4.85. The Hall–Kier alpha value is -0.570. The summed E-state index contributed by atoms with van der Waals surface area (Å²) in [6.07, 6.45) is 15.3. The summed E-state index contributed by atoms with van der Waals surface area (Å²) in [7, 11) is 0. The SMILES string of the molecule is CCCCCCCCCCCCC1=NCCN1.CCN. The maximum absolute atomic E-state index is 4.85. The maximum Gasteiger partial charge on any atom is 0.0964 e. The van der Waals surface area contributed by atoms with Crippen molar-refractivity contribution in [3.63, 3.8) is 0 Å². The third-order valence-corrected chi connectivity index (χ3v) is 3.51. The fourth-order valence-electron chi connectivity index (χ4n) is 2.39. The molecule has 0 saturated heterocycles. The predicted molar refractivity (Wildman–Crippen MR) is 91.5 cm³/mol. The third-order valence-electron chi connectivity index (χ3n) is 3.51. The van der Waals surface area contributed by atoms with E-state index in [0.717, 1.165) is 19.6 Å². The van der Waals surface area contributed by atoms with Crippen molar-refractivity contribution in [3.8, 4) is 0 Å². The van der Waals surface area contributed by atoms with E-state index in [4.69, 9.17) is 5.73 Å². The standard InChI is InChI=1S/C15H30N2.C2H7N/c1-2-3-4-5-6-7-8-9-10-11-12-15-16-13-14-17-15;1-2-3/h2-14H2,1H3,(H,16,17);2-3H2,1H3. The number of aliphatic imine (C=N–C) groups is 1. The van der Waals surface area contributed by atoms with Crippen molar-refractivity contribution in [1.82, 2.24) is 5.32 Å². The first-order valence-corrected chi connectivity index (χ1v) is 8.82. The normalized spacial score (nSPS) is 13.4. The molecule has 20 heavy (non-hydrogen) atoms. The second-order valence-corrected chi connectivity index (χ2v) is 5.60. The third kappa shape index (κ3) is 13.9. The van der Waals surface area contributed by atoms with Crippen LogP contribution in [0.15, 0.2) is 4.99 Å². The highest BCUT2D eigenvalue weighted by atomic mass is 15.1. The van der Waals surface area contributed by atoms with Gasteiger partial charge < -0.3 is 11.1 Å². The molecule has 1 rings (SSSR count). The van der Waals surface area contributed by atoms with Crippen molar-refractivity contribution < 1.29 is 0 Å². The van der Waals surface area contributed by atoms with E-state index in [9.17, 15) is 0 Å². The Balaban J connectivity index is 0.00000110. The van der Waals surface area contributed by atoms with Gasteiger partial charge in [-0.2, -0.15) is 0 Å². The highest BCUT2D eigenvalue weighted by Crippen LogP contribution is 2.11. The van der Waals surface area contributed by atoms with Crippen molar-refractivity contribution in [3.05, 3.63) is 0 Å². The summed E-state index contributed by atoms with van der Waals surface area (Å²) in [5, 5.41) is 3.34. The summed E-state index contributed by atoms with van der Waals surface area (Å²) in [4.78, 5) is 4.42. The molecule has 0 fully saturated rings. The average Bonchev–Trinajstić information content (AvgIpc) is 2.95. The quantitative estimate of drug-likeness (QED) is 0.556. The first-order valence-electron chi connectivity index (χ1n) is 8.82. The highest BCUT2D eigenvalue weighted by molar-refractivity contribution is 5.83. The molecule has 3 nitrogen and oxygen atoms in total. The number of amidine groups is 1. The van der Waals surface area contributed by atoms with Crippen molar-refractivity contribution in [2.45, 2.75) is 84.5 Å². The molecule has 0 atom stereocenters. The van der Waals surface area contributed by atoms with Crippen LogP contribution in [0.5, 0.6) is 0 Å². The van der Waals surface area contributed by atoms with Gasteiger partial charge in [-0.25, -0.2) is 0 Å². The van der Waals surface area contributed by atoms with Gasteiger partial charge in [-0.1, -0.05) is 71.6 Å². The zero-order chi connectivity index (χ0) is 14.9. The van der Waals surface area contributed by atoms with Crippen LogP contribution in [-0.4, -0.2) is 25.5 Å². The molecule has 1 aliphatic rings. The molecular formula is C17H37N3. The molecule has 1 aliphatic heterocycles. The molecule has 0 unspecified atom stereocenters. The lowest BCUT2D eigenvalue weighted by Gasteiger charge is -2.03. The average molecular weight is 284 g/mol. The summed E-state index contributed by atoms with van der Waals surface area (Å²) in [5.41, 5.74) is 4.85. The van der Waals surface area contributed by atoms with Gasteiger partial charge in [0, 0.05) is 13.0 Å². The number of hydrogen-bond donors (Lipinski definition) is 2. The minimum atomic E-state index is 0.750. The van der Waals surface area contributed by atoms with E-state index in [1.807, 2.05) is 6.92 Å². The van der Waals surface area contributed by atoms with Crippen LogP contribution in [0.1, 0.15) is 84.5 Å². The molecule has 1 heterocycles. The van der Waals surface area contributed by atoms with Crippen LogP contribution in [-0.2, 0) is 0 Å². The van der Waals surface area contributed by atoms with E-state index >= 15 is 0 Å². The number of nitrogens with one attached hydrogen (secondary N) is 1. The lowest BCUT2D eigenvalue weighted by atomic mass is 10.1. The predicted octanol–water partition coefficient (Wildman–Crippen LogP) is 4.26. The second-order valence-electron chi connectivity index (χ2n) is 5.60. The van der Waals surface area contributed by atoms with E-state index in [0.29, 0.717) is 0 Å². The van der Waals surface area contributed by atoms with Crippen LogP contribution in [0.2, 0.25) is 0 Å². The van der Waals surface area contributed by atoms with Crippen molar-refractivity contribution in [1.29, 1.82) is 0 Å². The number of nitrogens with zero attached hydrogens (tertiary/aromatic N) is 1. The van der Waals surface area contributed by atoms with E-state index in [1.54, 1.807) is 0 Å². The molecule has 3 N–H and O–H groups in total. The molecule has 0 radical (unpaired) electrons. The molecule has 0 amide bonds. The summed E-state index contributed by atoms with van der Waals surface area (Å²) in [6, 6.07) is 0. The largest absolute Gasteiger partial charge is 0.372 e. The molecule has 0 bridgehead atoms. The minimum Gasteiger partial charge on any atom is -0.372 e. The van der Waals surface area contributed by atoms with Gasteiger partial charge in [-0.05, 0) is 13.0 Å². The lowest BCUT2D eigenvalue weighted by molar-refractivity contribution is 0.558. The molecule has 0 aromatic carbocycles. The van der Waals surface area contributed by atoms with Gasteiger partial charge in [0.15, 0.2) is 0 Å². The summed E-state index contributed by atoms with van der Waals surface area (Å²) in [6.45, 7) is 6.99. The summed E-state index contributed by atoms with van der Waals surface area (Å²) in [5.74, 6) is 1.25. The molecular weight excluding hydrogens is 246 g/mol. The first kappa shape index (κ1) is 19.4. The number of rotatable bonds is 11. The molecule has 0 spiro atoms. The summed E-state index contributed by atoms with van der Waals surface area (Å²) >= 11 is 0.